The van der Waals surface area contributed by atoms with Gasteiger partial charge in [0.05, 0.1) is 25.9 Å². The monoisotopic (exact) mass is 586 g/mol. The lowest BCUT2D eigenvalue weighted by atomic mass is 10.2. The third kappa shape index (κ3) is 6.16. The van der Waals surface area contributed by atoms with Gasteiger partial charge in [-0.25, -0.2) is 28.3 Å². The Morgan fingerprint density at radius 2 is 1.86 bits per heavy atom. The number of cyclic esters (lactones) is 1. The Hall–Kier alpha value is -5.02. The van der Waals surface area contributed by atoms with Gasteiger partial charge in [-0.3, -0.25) is 18.9 Å². The van der Waals surface area contributed by atoms with E-state index in [0.29, 0.717) is 5.78 Å². The Morgan fingerprint density at radius 3 is 2.55 bits per heavy atom. The number of benzene rings is 1. The van der Waals surface area contributed by atoms with E-state index in [1.54, 1.807) is 34.0 Å². The van der Waals surface area contributed by atoms with Gasteiger partial charge in [0.25, 0.3) is 5.91 Å². The average molecular weight is 587 g/mol. The van der Waals surface area contributed by atoms with E-state index >= 15 is 8.78 Å². The molecule has 2 saturated heterocycles. The van der Waals surface area contributed by atoms with Crippen LogP contribution in [0.25, 0.3) is 5.78 Å². The van der Waals surface area contributed by atoms with Gasteiger partial charge >= 0.3 is 12.2 Å². The molecular formula is C26H28F2N8O6. The lowest BCUT2D eigenvalue weighted by Crippen LogP contribution is -2.49. The highest BCUT2D eigenvalue weighted by Crippen LogP contribution is 2.31. The molecule has 2 N–H and O–H groups in total. The number of aromatic nitrogens is 3. The second-order valence-corrected chi connectivity index (χ2v) is 9.57. The van der Waals surface area contributed by atoms with Gasteiger partial charge in [-0.15, -0.1) is 0 Å². The molecule has 0 unspecified atom stereocenters. The molecule has 42 heavy (non-hydrogen) atoms. The minimum Gasteiger partial charge on any atom is -0.453 e. The maximum Gasteiger partial charge on any atom is 0.414 e. The molecule has 2 aliphatic rings. The Bertz CT molecular complexity index is 1450. The number of methoxy groups -OCH3 is 1. The van der Waals surface area contributed by atoms with Crippen LogP contribution in [0.2, 0.25) is 0 Å². The molecule has 14 nitrogen and oxygen atoms in total. The average Bonchev–Trinajstić information content (AvgIpc) is 3.59. The fourth-order valence-corrected chi connectivity index (χ4v) is 4.77. The summed E-state index contributed by atoms with van der Waals surface area (Å²) < 4.78 is 41.5. The summed E-state index contributed by atoms with van der Waals surface area (Å²) >= 11 is 0. The molecule has 4 amide bonds. The zero-order chi connectivity index (χ0) is 29.8. The number of ether oxygens (including phenoxy) is 2. The lowest BCUT2D eigenvalue weighted by molar-refractivity contribution is -0.131. The van der Waals surface area contributed by atoms with Crippen molar-refractivity contribution in [1.82, 2.24) is 29.9 Å². The zero-order valence-electron chi connectivity index (χ0n) is 22.6. The lowest BCUT2D eigenvalue weighted by Gasteiger charge is -2.36. The van der Waals surface area contributed by atoms with Crippen LogP contribution < -0.4 is 20.4 Å². The van der Waals surface area contributed by atoms with Crippen LogP contribution >= 0.6 is 0 Å². The van der Waals surface area contributed by atoms with Crippen LogP contribution in [0, 0.1) is 11.6 Å². The van der Waals surface area contributed by atoms with Crippen LogP contribution in [-0.2, 0) is 14.3 Å². The maximum absolute atomic E-state index is 15.1. The molecule has 5 rings (SSSR count). The van der Waals surface area contributed by atoms with Gasteiger partial charge in [-0.05, 0) is 6.07 Å². The molecule has 1 aromatic carbocycles. The van der Waals surface area contributed by atoms with E-state index in [0.717, 1.165) is 17.0 Å². The Labute approximate surface area is 238 Å². The molecular weight excluding hydrogens is 558 g/mol. The van der Waals surface area contributed by atoms with E-state index in [9.17, 15) is 19.2 Å². The van der Waals surface area contributed by atoms with E-state index in [1.165, 1.54) is 12.0 Å². The first-order chi connectivity index (χ1) is 20.2. The molecule has 0 aliphatic carbocycles. The first kappa shape index (κ1) is 28.5. The van der Waals surface area contributed by atoms with Crippen LogP contribution in [0.15, 0.2) is 36.8 Å². The van der Waals surface area contributed by atoms with Crippen molar-refractivity contribution in [2.75, 3.05) is 62.7 Å². The van der Waals surface area contributed by atoms with Crippen molar-refractivity contribution in [3.8, 4) is 0 Å². The molecule has 1 atom stereocenters. The van der Waals surface area contributed by atoms with Crippen molar-refractivity contribution in [3.63, 3.8) is 0 Å². The number of hydrogen-bond donors (Lipinski definition) is 2. The van der Waals surface area contributed by atoms with E-state index in [2.05, 4.69) is 25.3 Å². The van der Waals surface area contributed by atoms with Gasteiger partial charge in [0.15, 0.2) is 11.6 Å². The van der Waals surface area contributed by atoms with Crippen LogP contribution in [0.3, 0.4) is 0 Å². The van der Waals surface area contributed by atoms with Crippen molar-refractivity contribution in [2.45, 2.75) is 12.5 Å². The number of anilines is 2. The molecule has 0 spiro atoms. The van der Waals surface area contributed by atoms with Crippen LogP contribution in [0.1, 0.15) is 16.9 Å². The molecule has 0 saturated carbocycles. The Kier molecular flexibility index (Phi) is 8.31. The summed E-state index contributed by atoms with van der Waals surface area (Å²) in [6, 6.07) is 3.81. The number of carbonyl (C=O) groups excluding carboxylic acids is 4. The Balaban J connectivity index is 1.11. The van der Waals surface area contributed by atoms with Gasteiger partial charge in [0.1, 0.15) is 17.5 Å². The van der Waals surface area contributed by atoms with Crippen molar-refractivity contribution in [1.29, 1.82) is 0 Å². The van der Waals surface area contributed by atoms with Gasteiger partial charge in [0.2, 0.25) is 11.7 Å². The van der Waals surface area contributed by atoms with Crippen molar-refractivity contribution in [3.05, 3.63) is 54.1 Å². The fourth-order valence-electron chi connectivity index (χ4n) is 4.77. The summed E-state index contributed by atoms with van der Waals surface area (Å²) in [6.07, 6.45) is 2.67. The first-order valence-corrected chi connectivity index (χ1v) is 13.1. The highest BCUT2D eigenvalue weighted by molar-refractivity contribution is 5.93. The standard InChI is InChI=1S/C26H28F2N8O6/c1-41-25(39)31-13-17-14-36(26(40)42-17)16-11-18(27)22(19(28)12-16)34-9-7-33(8-10-34)21(37)3-5-29-23(38)20-15-35-6-2-4-30-24(35)32-20/h2,4,6,11-12,15,17H,3,5,7-10,13-14H2,1H3,(H,29,38)(H,31,39)/t17-/m0/s1. The highest BCUT2D eigenvalue weighted by Gasteiger charge is 2.34. The number of imidazole rings is 1. The summed E-state index contributed by atoms with van der Waals surface area (Å²) in [7, 11) is 1.19. The normalized spacial score (nSPS) is 16.9. The number of piperazine rings is 1. The summed E-state index contributed by atoms with van der Waals surface area (Å²) in [6.45, 7) is 0.907. The van der Waals surface area contributed by atoms with Crippen LogP contribution in [-0.4, -0.2) is 102 Å². The number of hydrogen-bond acceptors (Lipinski definition) is 9. The summed E-state index contributed by atoms with van der Waals surface area (Å²) in [4.78, 5) is 60.9. The van der Waals surface area contributed by atoms with E-state index < -0.39 is 35.8 Å². The van der Waals surface area contributed by atoms with Gasteiger partial charge in [0, 0.05) is 69.9 Å². The SMILES string of the molecule is COC(=O)NC[C@H]1CN(c2cc(F)c(N3CCN(C(=O)CCNC(=O)c4cn5cccnc5n4)CC3)c(F)c2)C(=O)O1. The number of halogens is 2. The molecule has 16 heteroatoms. The van der Waals surface area contributed by atoms with E-state index in [-0.39, 0.29) is 75.2 Å². The summed E-state index contributed by atoms with van der Waals surface area (Å²) in [5, 5.41) is 5.08. The van der Waals surface area contributed by atoms with Crippen molar-refractivity contribution in [2.24, 2.45) is 0 Å². The van der Waals surface area contributed by atoms with Crippen molar-refractivity contribution >= 4 is 41.2 Å². The van der Waals surface area contributed by atoms with Crippen LogP contribution in [0.4, 0.5) is 29.7 Å². The van der Waals surface area contributed by atoms with E-state index in [4.69, 9.17) is 4.74 Å². The molecule has 4 heterocycles. The smallest absolute Gasteiger partial charge is 0.414 e. The largest absolute Gasteiger partial charge is 0.453 e. The Morgan fingerprint density at radius 1 is 1.12 bits per heavy atom. The van der Waals surface area contributed by atoms with Crippen LogP contribution in [0.5, 0.6) is 0 Å². The number of rotatable bonds is 8. The van der Waals surface area contributed by atoms with Gasteiger partial charge < -0.3 is 29.9 Å². The maximum atomic E-state index is 15.1. The highest BCUT2D eigenvalue weighted by atomic mass is 19.1. The first-order valence-electron chi connectivity index (χ1n) is 13.1. The molecule has 0 radical (unpaired) electrons. The quantitative estimate of drug-likeness (QED) is 0.396. The topological polar surface area (TPSA) is 151 Å². The number of carbonyl (C=O) groups is 4. The molecule has 2 aromatic heterocycles. The number of nitrogens with zero attached hydrogens (tertiary/aromatic N) is 6. The third-order valence-electron chi connectivity index (χ3n) is 6.89. The minimum absolute atomic E-state index is 0.0154. The summed E-state index contributed by atoms with van der Waals surface area (Å²) in [5.74, 6) is -1.97. The third-order valence-corrected chi connectivity index (χ3v) is 6.89. The number of fused-ring (bicyclic) bond motifs is 1. The fraction of sp³-hybridized carbons (Fsp3) is 0.385. The summed E-state index contributed by atoms with van der Waals surface area (Å²) in [5.41, 5.74) is -0.0894. The predicted molar refractivity (Wildman–Crippen MR) is 143 cm³/mol. The molecule has 0 bridgehead atoms. The van der Waals surface area contributed by atoms with Gasteiger partial charge in [-0.2, -0.15) is 0 Å². The van der Waals surface area contributed by atoms with Gasteiger partial charge in [-0.1, -0.05) is 0 Å². The zero-order valence-corrected chi connectivity index (χ0v) is 22.6. The number of nitrogens with one attached hydrogen (secondary N) is 2. The molecule has 2 fully saturated rings. The second-order valence-electron chi connectivity index (χ2n) is 9.57. The second kappa shape index (κ2) is 12.2. The number of alkyl carbamates (subject to hydrolysis) is 1. The molecule has 222 valence electrons. The number of amides is 4. The van der Waals surface area contributed by atoms with E-state index in [1.807, 2.05) is 0 Å². The molecule has 2 aliphatic heterocycles. The minimum atomic E-state index is -0.862. The molecule has 3 aromatic rings. The predicted octanol–water partition coefficient (Wildman–Crippen LogP) is 1.16. The van der Waals surface area contributed by atoms with Crippen molar-refractivity contribution < 1.29 is 37.4 Å².